The molecule has 1 aromatic carbocycles. The number of methoxy groups -OCH3 is 2. The number of amides is 1. The predicted molar refractivity (Wildman–Crippen MR) is 206 cm³/mol. The topological polar surface area (TPSA) is 260 Å². The van der Waals surface area contributed by atoms with Gasteiger partial charge in [0.15, 0.2) is 0 Å². The van der Waals surface area contributed by atoms with Gasteiger partial charge in [-0.15, -0.1) is 17.5 Å². The van der Waals surface area contributed by atoms with E-state index in [1.807, 2.05) is 27.7 Å². The molecule has 1 amide bonds. The van der Waals surface area contributed by atoms with Crippen LogP contribution in [0.2, 0.25) is 13.6 Å². The zero-order valence-electron chi connectivity index (χ0n) is 32.5. The molecule has 304 valence electrons. The largest absolute Gasteiger partial charge is 0.480 e. The van der Waals surface area contributed by atoms with Crippen molar-refractivity contribution in [3.63, 3.8) is 0 Å². The van der Waals surface area contributed by atoms with Crippen molar-refractivity contribution in [2.24, 2.45) is 17.6 Å². The van der Waals surface area contributed by atoms with Crippen molar-refractivity contribution < 1.29 is 49.0 Å². The first-order chi connectivity index (χ1) is 24.9. The van der Waals surface area contributed by atoms with E-state index >= 15 is 0 Å². The number of carboxylic acid groups (broad SMARTS) is 1. The number of nitrogens with zero attached hydrogens (tertiary/aromatic N) is 5. The van der Waals surface area contributed by atoms with Crippen LogP contribution in [0.25, 0.3) is 10.9 Å². The number of benzene rings is 1. The Balaban J connectivity index is 0.000000720. The predicted octanol–water partition coefficient (Wildman–Crippen LogP) is 0.894. The Morgan fingerprint density at radius 2 is 1.41 bits per heavy atom. The van der Waals surface area contributed by atoms with Crippen molar-refractivity contribution in [2.45, 2.75) is 104 Å². The van der Waals surface area contributed by atoms with Crippen LogP contribution in [0.1, 0.15) is 66.2 Å². The summed E-state index contributed by atoms with van der Waals surface area (Å²) in [6.45, 7) is 12.6. The van der Waals surface area contributed by atoms with E-state index in [1.54, 1.807) is 47.5 Å². The number of nitrogens with one attached hydrogen (secondary N) is 1. The highest BCUT2D eigenvalue weighted by Crippen LogP contribution is 2.19. The maximum atomic E-state index is 12.3. The fraction of sp³-hybridized carbons (Fsp3) is 0.667. The summed E-state index contributed by atoms with van der Waals surface area (Å²) in [6.07, 6.45) is 4.32. The van der Waals surface area contributed by atoms with Crippen molar-refractivity contribution in [2.75, 3.05) is 27.3 Å². The number of carboxylic acids is 1. The fourth-order valence-corrected chi connectivity index (χ4v) is 5.85. The van der Waals surface area contributed by atoms with Gasteiger partial charge in [-0.1, -0.05) is 39.8 Å². The second kappa shape index (κ2) is 25.3. The molecule has 4 unspecified atom stereocenters. The quantitative estimate of drug-likeness (QED) is 0.105. The first-order valence-corrected chi connectivity index (χ1v) is 17.7. The highest BCUT2D eigenvalue weighted by Gasteiger charge is 2.37. The molecule has 0 aliphatic carbocycles. The van der Waals surface area contributed by atoms with E-state index in [-0.39, 0.29) is 41.1 Å². The summed E-state index contributed by atoms with van der Waals surface area (Å²) in [5, 5.41) is 46.3. The Kier molecular flexibility index (Phi) is 23.5. The van der Waals surface area contributed by atoms with Crippen molar-refractivity contribution in [1.29, 1.82) is 0 Å². The monoisotopic (exact) mass is 785 g/mol. The fourth-order valence-electron chi connectivity index (χ4n) is 5.85. The first kappa shape index (κ1) is 50.2. The molecular weight excluding hydrogens is 727 g/mol. The van der Waals surface area contributed by atoms with Crippen LogP contribution in [0.3, 0.4) is 0 Å². The normalized spacial score (nSPS) is 17.6. The van der Waals surface area contributed by atoms with Gasteiger partial charge in [0, 0.05) is 0 Å². The summed E-state index contributed by atoms with van der Waals surface area (Å²) < 4.78 is 9.18. The Morgan fingerprint density at radius 1 is 0.907 bits per heavy atom. The van der Waals surface area contributed by atoms with E-state index in [4.69, 9.17) is 25.8 Å². The number of hydrogen-bond acceptors (Lipinski definition) is 15. The summed E-state index contributed by atoms with van der Waals surface area (Å²) in [5.41, 5.74) is 5.38. The Bertz CT molecular complexity index is 1520. The van der Waals surface area contributed by atoms with Crippen LogP contribution in [-0.4, -0.2) is 135 Å². The third-order valence-electron chi connectivity index (χ3n) is 8.43. The van der Waals surface area contributed by atoms with E-state index < -0.39 is 49.7 Å². The molecule has 3 heterocycles. The zero-order chi connectivity index (χ0) is 40.4. The third kappa shape index (κ3) is 16.7. The van der Waals surface area contributed by atoms with Gasteiger partial charge in [0.05, 0.1) is 25.6 Å². The number of rotatable bonds is 11. The Morgan fingerprint density at radius 3 is 1.87 bits per heavy atom. The van der Waals surface area contributed by atoms with Gasteiger partial charge in [-0.05, 0) is 99.3 Å². The lowest BCUT2D eigenvalue weighted by Crippen LogP contribution is -2.53. The number of carbonyl (C=O) groups is 4. The van der Waals surface area contributed by atoms with E-state index in [9.17, 15) is 29.0 Å². The number of esters is 2. The highest BCUT2D eigenvalue weighted by atomic mass is 35.5. The smallest absolute Gasteiger partial charge is 0.377 e. The second-order valence-corrected chi connectivity index (χ2v) is 13.7. The lowest BCUT2D eigenvalue weighted by atomic mass is 9.84. The van der Waals surface area contributed by atoms with Crippen molar-refractivity contribution in [3.05, 3.63) is 34.6 Å². The number of ether oxygens (including phenoxy) is 2. The Hall–Kier alpha value is -3.81. The lowest BCUT2D eigenvalue weighted by Gasteiger charge is -2.26. The third-order valence-corrected chi connectivity index (χ3v) is 8.43. The van der Waals surface area contributed by atoms with Crippen molar-refractivity contribution in [1.82, 2.24) is 30.1 Å². The van der Waals surface area contributed by atoms with Gasteiger partial charge in [0.2, 0.25) is 5.91 Å². The molecule has 0 bridgehead atoms. The van der Waals surface area contributed by atoms with Crippen LogP contribution >= 0.6 is 12.4 Å². The second-order valence-electron chi connectivity index (χ2n) is 13.7. The van der Waals surface area contributed by atoms with Crippen LogP contribution in [0, 0.1) is 11.8 Å². The summed E-state index contributed by atoms with van der Waals surface area (Å²) in [4.78, 5) is 60.0. The van der Waals surface area contributed by atoms with Crippen LogP contribution in [0.5, 0.6) is 0 Å². The molecule has 7 N–H and O–H groups in total. The number of aliphatic carboxylic acids is 1. The van der Waals surface area contributed by atoms with E-state index in [2.05, 4.69) is 20.4 Å². The minimum Gasteiger partial charge on any atom is -0.480 e. The van der Waals surface area contributed by atoms with Crippen molar-refractivity contribution in [3.8, 4) is 0 Å². The average Bonchev–Trinajstić information content (AvgIpc) is 3.81. The van der Waals surface area contributed by atoms with Gasteiger partial charge in [0.1, 0.15) is 23.6 Å². The number of halogens is 1. The molecule has 0 radical (unpaired) electrons. The van der Waals surface area contributed by atoms with Crippen LogP contribution in [0.15, 0.2) is 29.1 Å². The van der Waals surface area contributed by atoms with Gasteiger partial charge >= 0.3 is 37.6 Å². The molecule has 4 rings (SSSR count). The molecule has 0 saturated carbocycles. The van der Waals surface area contributed by atoms with E-state index in [1.165, 1.54) is 14.2 Å². The number of nitrogens with two attached hydrogens (primary N) is 1. The van der Waals surface area contributed by atoms with Crippen LogP contribution in [0.4, 0.5) is 0 Å². The minimum atomic E-state index is -0.830. The molecular formula is C33H58B2ClN7O11. The standard InChI is InChI=1S/C13H25BN2O4.C7H5N3O2.C7H15NO2.C6H12BNO3.ClH/c1-9(2)8-10(13(18)20-4)15-12(17)11-6-5-7-16(11)14(3)19;11-7-5-3-1-2-4-6(5)8-9-10(7)12;1-5(2)4-6(8)7(9)10-3;1-7(11)8-4-2-3-5(8)6(9)10;/h9-11,19H,5-8H2,1-4H3,(H,15,17);1-4,12H;5-6H,4,8H2,1-3H3;5,11H,2-4H2,1H3,(H,9,10);1H. The Labute approximate surface area is 323 Å². The highest BCUT2D eigenvalue weighted by molar-refractivity contribution is 6.46. The summed E-state index contributed by atoms with van der Waals surface area (Å²) in [7, 11) is 1.37. The molecule has 2 fully saturated rings. The molecule has 4 atom stereocenters. The number of carbonyl (C=O) groups excluding carboxylic acids is 3. The summed E-state index contributed by atoms with van der Waals surface area (Å²) >= 11 is 0. The van der Waals surface area contributed by atoms with Gasteiger partial charge < -0.3 is 50.5 Å². The molecule has 2 saturated heterocycles. The molecule has 1 aromatic heterocycles. The van der Waals surface area contributed by atoms with Gasteiger partial charge in [-0.25, -0.2) is 4.79 Å². The maximum Gasteiger partial charge on any atom is 0.377 e. The van der Waals surface area contributed by atoms with E-state index in [0.29, 0.717) is 55.6 Å². The van der Waals surface area contributed by atoms with Gasteiger partial charge in [-0.3, -0.25) is 19.2 Å². The number of fused-ring (bicyclic) bond motifs is 1. The maximum absolute atomic E-state index is 12.3. The average molecular weight is 786 g/mol. The summed E-state index contributed by atoms with van der Waals surface area (Å²) in [6, 6.07) is 4.77. The molecule has 2 aliphatic rings. The lowest BCUT2D eigenvalue weighted by molar-refractivity contribution is -0.146. The SMILES string of the molecule is CB(O)N1CCCC1C(=O)O.COC(=O)C(CC(C)C)NC(=O)C1CCCN1B(C)O.COC(=O)C(N)CC(C)C.Cl.O=c1c2ccccc2nnn1O. The van der Waals surface area contributed by atoms with Crippen LogP contribution < -0.4 is 16.6 Å². The zero-order valence-corrected chi connectivity index (χ0v) is 33.3. The molecule has 54 heavy (non-hydrogen) atoms. The minimum absolute atomic E-state index is 0. The molecule has 0 spiro atoms. The first-order valence-electron chi connectivity index (χ1n) is 17.7. The molecule has 18 nitrogen and oxygen atoms in total. The van der Waals surface area contributed by atoms with E-state index in [0.717, 1.165) is 12.8 Å². The molecule has 2 aliphatic heterocycles. The van der Waals surface area contributed by atoms with Gasteiger partial charge in [0.25, 0.3) is 0 Å². The number of hydrogen-bond donors (Lipinski definition) is 6. The van der Waals surface area contributed by atoms with Crippen LogP contribution in [-0.2, 0) is 28.7 Å². The number of aromatic nitrogens is 3. The molecule has 21 heteroatoms. The molecule has 2 aromatic rings. The van der Waals surface area contributed by atoms with Crippen molar-refractivity contribution >= 4 is 61.2 Å². The van der Waals surface area contributed by atoms with Gasteiger partial charge in [-0.2, -0.15) is 0 Å². The summed E-state index contributed by atoms with van der Waals surface area (Å²) in [5.74, 6) is -1.07.